The van der Waals surface area contributed by atoms with E-state index in [0.29, 0.717) is 22.8 Å². The molecule has 1 aromatic carbocycles. The van der Waals surface area contributed by atoms with Crippen LogP contribution in [0.5, 0.6) is 0 Å². The summed E-state index contributed by atoms with van der Waals surface area (Å²) in [5.41, 5.74) is 1.87. The van der Waals surface area contributed by atoms with Crippen molar-refractivity contribution in [2.24, 2.45) is 4.99 Å². The first-order valence-corrected chi connectivity index (χ1v) is 8.96. The van der Waals surface area contributed by atoms with Crippen LogP contribution < -0.4 is 5.32 Å². The van der Waals surface area contributed by atoms with E-state index in [1.165, 1.54) is 6.07 Å². The van der Waals surface area contributed by atoms with E-state index in [2.05, 4.69) is 28.3 Å². The lowest BCUT2D eigenvalue weighted by Gasteiger charge is -2.17. The number of halogens is 3. The fourth-order valence-electron chi connectivity index (χ4n) is 2.61. The minimum atomic E-state index is -0.804. The van der Waals surface area contributed by atoms with Crippen LogP contribution in [-0.4, -0.2) is 11.2 Å². The lowest BCUT2D eigenvalue weighted by atomic mass is 10.0. The minimum absolute atomic E-state index is 0.135. The smallest absolute Gasteiger partial charge is 0.144 e. The number of aromatic nitrogens is 1. The maximum absolute atomic E-state index is 14.4. The predicted molar refractivity (Wildman–Crippen MR) is 106 cm³/mol. The van der Waals surface area contributed by atoms with E-state index in [9.17, 15) is 8.78 Å². The lowest BCUT2D eigenvalue weighted by Crippen LogP contribution is -2.15. The molecule has 27 heavy (non-hydrogen) atoms. The average molecular weight is 386 g/mol. The van der Waals surface area contributed by atoms with Crippen LogP contribution in [0, 0.1) is 11.6 Å². The first-order chi connectivity index (χ1) is 13.1. The third-order valence-corrected chi connectivity index (χ3v) is 4.22. The summed E-state index contributed by atoms with van der Waals surface area (Å²) in [5.74, 6) is -0.867. The van der Waals surface area contributed by atoms with Gasteiger partial charge < -0.3 is 5.32 Å². The molecule has 0 spiro atoms. The van der Waals surface area contributed by atoms with Gasteiger partial charge in [0, 0.05) is 29.6 Å². The van der Waals surface area contributed by atoms with Crippen molar-refractivity contribution in [3.63, 3.8) is 0 Å². The van der Waals surface area contributed by atoms with Crippen molar-refractivity contribution in [1.29, 1.82) is 0 Å². The summed E-state index contributed by atoms with van der Waals surface area (Å²) in [6.45, 7) is 2.11. The number of unbranched alkanes of at least 4 members (excludes halogenated alkanes) is 1. The molecule has 3 nitrogen and oxygen atoms in total. The molecule has 138 valence electrons. The number of nitrogens with zero attached hydrogens (tertiary/aromatic N) is 2. The topological polar surface area (TPSA) is 37.3 Å². The van der Waals surface area contributed by atoms with Crippen LogP contribution in [0.4, 0.5) is 8.78 Å². The molecule has 2 heterocycles. The fourth-order valence-corrected chi connectivity index (χ4v) is 2.77. The Bertz CT molecular complexity index is 962. The molecule has 1 N–H and O–H groups in total. The Morgan fingerprint density at radius 1 is 1.19 bits per heavy atom. The molecule has 0 unspecified atom stereocenters. The number of aliphatic imine (C=N–C) groups is 1. The van der Waals surface area contributed by atoms with Gasteiger partial charge in [0.05, 0.1) is 16.4 Å². The third-order valence-electron chi connectivity index (χ3n) is 3.93. The molecule has 0 aliphatic carbocycles. The van der Waals surface area contributed by atoms with Crippen LogP contribution >= 0.6 is 11.6 Å². The van der Waals surface area contributed by atoms with Gasteiger partial charge in [-0.2, -0.15) is 0 Å². The minimum Gasteiger partial charge on any atom is -0.340 e. The molecule has 1 aliphatic rings. The molecular weight excluding hydrogens is 368 g/mol. The zero-order valence-corrected chi connectivity index (χ0v) is 15.5. The monoisotopic (exact) mass is 385 g/mol. The Morgan fingerprint density at radius 2 is 2.04 bits per heavy atom. The second kappa shape index (κ2) is 8.73. The van der Waals surface area contributed by atoms with Gasteiger partial charge in [-0.25, -0.2) is 13.8 Å². The van der Waals surface area contributed by atoms with Gasteiger partial charge in [-0.05, 0) is 36.8 Å². The highest BCUT2D eigenvalue weighted by Gasteiger charge is 2.18. The van der Waals surface area contributed by atoms with Crippen molar-refractivity contribution >= 4 is 23.5 Å². The third kappa shape index (κ3) is 4.49. The Labute approximate surface area is 161 Å². The van der Waals surface area contributed by atoms with E-state index in [1.54, 1.807) is 24.6 Å². The van der Waals surface area contributed by atoms with Gasteiger partial charge >= 0.3 is 0 Å². The van der Waals surface area contributed by atoms with Gasteiger partial charge in [-0.3, -0.25) is 4.98 Å². The number of allylic oxidation sites excluding steroid dienone is 4. The normalized spacial score (nSPS) is 15.3. The van der Waals surface area contributed by atoms with Crippen LogP contribution in [-0.2, 0) is 0 Å². The van der Waals surface area contributed by atoms with E-state index in [4.69, 9.17) is 11.6 Å². The van der Waals surface area contributed by atoms with Gasteiger partial charge in [0.15, 0.2) is 0 Å². The maximum atomic E-state index is 14.4. The lowest BCUT2D eigenvalue weighted by molar-refractivity contribution is 0.585. The summed E-state index contributed by atoms with van der Waals surface area (Å²) in [5, 5.41) is 3.05. The summed E-state index contributed by atoms with van der Waals surface area (Å²) >= 11 is 5.84. The number of hydrogen-bond acceptors (Lipinski definition) is 3. The molecule has 0 atom stereocenters. The average Bonchev–Trinajstić information content (AvgIpc) is 2.68. The number of rotatable bonds is 5. The van der Waals surface area contributed by atoms with Gasteiger partial charge in [-0.1, -0.05) is 37.1 Å². The fraction of sp³-hybridized carbons (Fsp3) is 0.143. The van der Waals surface area contributed by atoms with E-state index >= 15 is 0 Å². The largest absolute Gasteiger partial charge is 0.340 e. The zero-order chi connectivity index (χ0) is 19.2. The van der Waals surface area contributed by atoms with E-state index in [1.807, 2.05) is 18.2 Å². The highest BCUT2D eigenvalue weighted by atomic mass is 35.5. The number of hydrogen-bond donors (Lipinski definition) is 1. The number of benzene rings is 1. The molecule has 1 aliphatic heterocycles. The molecule has 0 radical (unpaired) electrons. The highest BCUT2D eigenvalue weighted by molar-refractivity contribution is 6.31. The Balaban J connectivity index is 1.97. The zero-order valence-electron chi connectivity index (χ0n) is 14.7. The van der Waals surface area contributed by atoms with Gasteiger partial charge in [0.1, 0.15) is 17.5 Å². The number of nitrogens with one attached hydrogen (secondary N) is 1. The Hall–Kier alpha value is -2.79. The Kier molecular flexibility index (Phi) is 6.14. The molecule has 2 aromatic rings. The van der Waals surface area contributed by atoms with Crippen molar-refractivity contribution in [3.05, 3.63) is 82.8 Å². The molecule has 3 rings (SSSR count). The van der Waals surface area contributed by atoms with Crippen LogP contribution in [0.15, 0.2) is 65.6 Å². The second-order valence-corrected chi connectivity index (χ2v) is 6.31. The van der Waals surface area contributed by atoms with Crippen LogP contribution in [0.25, 0.3) is 17.0 Å². The molecule has 1 aromatic heterocycles. The quantitative estimate of drug-likeness (QED) is 0.651. The molecule has 0 saturated carbocycles. The van der Waals surface area contributed by atoms with Gasteiger partial charge in [0.25, 0.3) is 0 Å². The summed E-state index contributed by atoms with van der Waals surface area (Å²) in [7, 11) is 0. The second-order valence-electron chi connectivity index (χ2n) is 5.90. The first-order valence-electron chi connectivity index (χ1n) is 8.58. The van der Waals surface area contributed by atoms with Gasteiger partial charge in [0.2, 0.25) is 0 Å². The van der Waals surface area contributed by atoms with Crippen molar-refractivity contribution < 1.29 is 8.78 Å². The molecule has 0 bridgehead atoms. The van der Waals surface area contributed by atoms with Crippen molar-refractivity contribution in [2.45, 2.75) is 19.8 Å². The summed E-state index contributed by atoms with van der Waals surface area (Å²) < 4.78 is 27.9. The SMILES string of the molecule is CCC/C=C/C=C1\N=CC=C(c2cccnc2-c2cc(Cl)c(F)cc2F)N1. The summed E-state index contributed by atoms with van der Waals surface area (Å²) in [6, 6.07) is 5.58. The summed E-state index contributed by atoms with van der Waals surface area (Å²) in [4.78, 5) is 8.57. The van der Waals surface area contributed by atoms with Crippen LogP contribution in [0.2, 0.25) is 5.02 Å². The molecule has 0 fully saturated rings. The first kappa shape index (κ1) is 19.0. The number of pyridine rings is 1. The van der Waals surface area contributed by atoms with Crippen LogP contribution in [0.3, 0.4) is 0 Å². The maximum Gasteiger partial charge on any atom is 0.144 e. The van der Waals surface area contributed by atoms with E-state index in [-0.39, 0.29) is 10.6 Å². The molecule has 0 saturated heterocycles. The van der Waals surface area contributed by atoms with Crippen molar-refractivity contribution in [2.75, 3.05) is 0 Å². The molecular formula is C21H18ClF2N3. The van der Waals surface area contributed by atoms with E-state index in [0.717, 1.165) is 18.9 Å². The molecule has 6 heteroatoms. The van der Waals surface area contributed by atoms with E-state index < -0.39 is 11.6 Å². The van der Waals surface area contributed by atoms with Crippen molar-refractivity contribution in [1.82, 2.24) is 10.3 Å². The Morgan fingerprint density at radius 3 is 2.85 bits per heavy atom. The predicted octanol–water partition coefficient (Wildman–Crippen LogP) is 5.89. The highest BCUT2D eigenvalue weighted by Crippen LogP contribution is 2.32. The standard InChI is InChI=1S/C21H18ClF2N3/c1-2-3-4-5-8-20-25-11-9-19(27-20)14-7-6-10-26-21(14)15-12-16(22)18(24)13-17(15)23/h4-13,27H,2-3H2,1H3/b5-4+,20-8+. The van der Waals surface area contributed by atoms with Gasteiger partial charge in [-0.15, -0.1) is 0 Å². The summed E-state index contributed by atoms with van der Waals surface area (Å²) in [6.07, 6.45) is 12.9. The molecule has 0 amide bonds. The van der Waals surface area contributed by atoms with Crippen LogP contribution in [0.1, 0.15) is 25.3 Å². The van der Waals surface area contributed by atoms with Crippen molar-refractivity contribution in [3.8, 4) is 11.3 Å².